The molecule has 0 saturated carbocycles. The van der Waals surface area contributed by atoms with Gasteiger partial charge in [-0.25, -0.2) is 13.1 Å². The molecule has 1 unspecified atom stereocenters. The van der Waals surface area contributed by atoms with Crippen LogP contribution in [0.25, 0.3) is 0 Å². The second kappa shape index (κ2) is 6.85. The number of rotatable bonds is 5. The molecular formula is C18H20N2O4S. The average molecular weight is 360 g/mol. The molecule has 3 rings (SSSR count). The van der Waals surface area contributed by atoms with E-state index < -0.39 is 16.1 Å². The molecule has 0 fully saturated rings. The maximum absolute atomic E-state index is 12.4. The van der Waals surface area contributed by atoms with Crippen molar-refractivity contribution in [3.05, 3.63) is 53.6 Å². The molecule has 6 nitrogen and oxygen atoms in total. The summed E-state index contributed by atoms with van der Waals surface area (Å²) in [7, 11) is -3.62. The molecule has 0 saturated heterocycles. The van der Waals surface area contributed by atoms with Crippen LogP contribution in [0.15, 0.2) is 47.4 Å². The third kappa shape index (κ3) is 3.83. The highest BCUT2D eigenvalue weighted by atomic mass is 32.2. The van der Waals surface area contributed by atoms with Gasteiger partial charge in [-0.05, 0) is 37.6 Å². The standard InChI is InChI=1S/C18H20N2O4S/c1-12-7-8-17(13(2)11-12)25(22,23)19-10-9-16-18(21)20-14-5-3-4-6-15(14)24-16/h3-8,11,16,19H,9-10H2,1-2H3,(H,20,21). The molecule has 2 aromatic rings. The largest absolute Gasteiger partial charge is 0.478 e. The highest BCUT2D eigenvalue weighted by molar-refractivity contribution is 7.89. The van der Waals surface area contributed by atoms with Crippen LogP contribution in [0.5, 0.6) is 5.75 Å². The van der Waals surface area contributed by atoms with Crippen LogP contribution in [0, 0.1) is 13.8 Å². The highest BCUT2D eigenvalue weighted by Crippen LogP contribution is 2.29. The van der Waals surface area contributed by atoms with Gasteiger partial charge in [0.1, 0.15) is 5.75 Å². The van der Waals surface area contributed by atoms with Gasteiger partial charge in [0.15, 0.2) is 6.10 Å². The minimum absolute atomic E-state index is 0.107. The number of fused-ring (bicyclic) bond motifs is 1. The third-order valence-corrected chi connectivity index (χ3v) is 5.65. The van der Waals surface area contributed by atoms with Crippen molar-refractivity contribution in [1.29, 1.82) is 0 Å². The van der Waals surface area contributed by atoms with Gasteiger partial charge >= 0.3 is 0 Å². The number of para-hydroxylation sites is 2. The van der Waals surface area contributed by atoms with Crippen LogP contribution in [0.2, 0.25) is 0 Å². The topological polar surface area (TPSA) is 84.5 Å². The molecule has 0 spiro atoms. The Hall–Kier alpha value is -2.38. The van der Waals surface area contributed by atoms with E-state index >= 15 is 0 Å². The molecule has 0 aliphatic carbocycles. The van der Waals surface area contributed by atoms with E-state index in [9.17, 15) is 13.2 Å². The van der Waals surface area contributed by atoms with E-state index in [0.29, 0.717) is 17.0 Å². The van der Waals surface area contributed by atoms with Crippen molar-refractivity contribution >= 4 is 21.6 Å². The van der Waals surface area contributed by atoms with Crippen molar-refractivity contribution in [2.75, 3.05) is 11.9 Å². The van der Waals surface area contributed by atoms with Gasteiger partial charge in [-0.15, -0.1) is 0 Å². The summed E-state index contributed by atoms with van der Waals surface area (Å²) in [6.07, 6.45) is -0.485. The lowest BCUT2D eigenvalue weighted by Crippen LogP contribution is -2.39. The van der Waals surface area contributed by atoms with E-state index in [1.54, 1.807) is 37.3 Å². The van der Waals surface area contributed by atoms with Gasteiger partial charge in [0.25, 0.3) is 5.91 Å². The van der Waals surface area contributed by atoms with Crippen LogP contribution < -0.4 is 14.8 Å². The Kier molecular flexibility index (Phi) is 4.78. The number of hydrogen-bond acceptors (Lipinski definition) is 4. The Balaban J connectivity index is 1.64. The Morgan fingerprint density at radius 2 is 1.92 bits per heavy atom. The molecule has 0 aromatic heterocycles. The molecule has 132 valence electrons. The number of carbonyl (C=O) groups is 1. The number of amides is 1. The number of hydrogen-bond donors (Lipinski definition) is 2. The summed E-state index contributed by atoms with van der Waals surface area (Å²) in [5.41, 5.74) is 2.31. The van der Waals surface area contributed by atoms with Crippen LogP contribution in [-0.4, -0.2) is 27.0 Å². The van der Waals surface area contributed by atoms with Gasteiger partial charge in [0, 0.05) is 13.0 Å². The zero-order valence-electron chi connectivity index (χ0n) is 14.1. The van der Waals surface area contributed by atoms with Crippen LogP contribution >= 0.6 is 0 Å². The smallest absolute Gasteiger partial charge is 0.265 e. The van der Waals surface area contributed by atoms with Gasteiger partial charge in [-0.1, -0.05) is 29.8 Å². The van der Waals surface area contributed by atoms with E-state index in [1.165, 1.54) is 0 Å². The van der Waals surface area contributed by atoms with Crippen LogP contribution in [0.4, 0.5) is 5.69 Å². The minimum Gasteiger partial charge on any atom is -0.478 e. The molecule has 1 aliphatic heterocycles. The van der Waals surface area contributed by atoms with Gasteiger partial charge in [-0.3, -0.25) is 4.79 Å². The summed E-state index contributed by atoms with van der Waals surface area (Å²) in [6.45, 7) is 3.78. The number of anilines is 1. The van der Waals surface area contributed by atoms with E-state index in [1.807, 2.05) is 19.1 Å². The predicted octanol–water partition coefficient (Wildman–Crippen LogP) is 2.37. The molecule has 0 radical (unpaired) electrons. The third-order valence-electron chi connectivity index (χ3n) is 4.03. The number of carbonyl (C=O) groups excluding carboxylic acids is 1. The fourth-order valence-electron chi connectivity index (χ4n) is 2.79. The first-order valence-electron chi connectivity index (χ1n) is 8.00. The lowest BCUT2D eigenvalue weighted by molar-refractivity contribution is -0.123. The molecule has 1 aliphatic rings. The van der Waals surface area contributed by atoms with Gasteiger partial charge < -0.3 is 10.1 Å². The van der Waals surface area contributed by atoms with Crippen molar-refractivity contribution in [3.8, 4) is 5.75 Å². The zero-order valence-corrected chi connectivity index (χ0v) is 14.9. The molecule has 25 heavy (non-hydrogen) atoms. The molecule has 7 heteroatoms. The number of sulfonamides is 1. The SMILES string of the molecule is Cc1ccc(S(=O)(=O)NCCC2Oc3ccccc3NC2=O)c(C)c1. The van der Waals surface area contributed by atoms with Crippen molar-refractivity contribution in [1.82, 2.24) is 4.72 Å². The number of benzene rings is 2. The van der Waals surface area contributed by atoms with Gasteiger partial charge in [0.05, 0.1) is 10.6 Å². The maximum atomic E-state index is 12.4. The van der Waals surface area contributed by atoms with Crippen molar-refractivity contribution in [2.24, 2.45) is 0 Å². The van der Waals surface area contributed by atoms with Gasteiger partial charge in [0.2, 0.25) is 10.0 Å². The number of aryl methyl sites for hydroxylation is 2. The van der Waals surface area contributed by atoms with Crippen LogP contribution in [-0.2, 0) is 14.8 Å². The van der Waals surface area contributed by atoms with Crippen molar-refractivity contribution in [2.45, 2.75) is 31.3 Å². The Bertz CT molecular complexity index is 909. The molecule has 2 aromatic carbocycles. The molecular weight excluding hydrogens is 340 g/mol. The fraction of sp³-hybridized carbons (Fsp3) is 0.278. The lowest BCUT2D eigenvalue weighted by Gasteiger charge is -2.25. The van der Waals surface area contributed by atoms with E-state index in [-0.39, 0.29) is 23.8 Å². The van der Waals surface area contributed by atoms with Crippen molar-refractivity contribution < 1.29 is 17.9 Å². The average Bonchev–Trinajstić information content (AvgIpc) is 2.54. The van der Waals surface area contributed by atoms with Gasteiger partial charge in [-0.2, -0.15) is 0 Å². The summed E-state index contributed by atoms with van der Waals surface area (Å²) in [5.74, 6) is 0.314. The quantitative estimate of drug-likeness (QED) is 0.857. The summed E-state index contributed by atoms with van der Waals surface area (Å²) in [5, 5.41) is 2.76. The van der Waals surface area contributed by atoms with E-state index in [2.05, 4.69) is 10.0 Å². The molecule has 2 N–H and O–H groups in total. The lowest BCUT2D eigenvalue weighted by atomic mass is 10.2. The summed E-state index contributed by atoms with van der Waals surface area (Å²) in [4.78, 5) is 12.3. The monoisotopic (exact) mass is 360 g/mol. The Labute approximate surface area is 147 Å². The predicted molar refractivity (Wildman–Crippen MR) is 95.2 cm³/mol. The second-order valence-electron chi connectivity index (χ2n) is 6.05. The number of nitrogens with one attached hydrogen (secondary N) is 2. The first-order valence-corrected chi connectivity index (χ1v) is 9.48. The zero-order chi connectivity index (χ0) is 18.0. The summed E-state index contributed by atoms with van der Waals surface area (Å²) >= 11 is 0. The molecule has 0 bridgehead atoms. The molecule has 1 amide bonds. The molecule has 1 heterocycles. The maximum Gasteiger partial charge on any atom is 0.265 e. The number of ether oxygens (including phenoxy) is 1. The Morgan fingerprint density at radius 1 is 1.16 bits per heavy atom. The fourth-order valence-corrected chi connectivity index (χ4v) is 4.06. The first kappa shape index (κ1) is 17.4. The summed E-state index contributed by atoms with van der Waals surface area (Å²) < 4.78 is 33.1. The Morgan fingerprint density at radius 3 is 2.68 bits per heavy atom. The van der Waals surface area contributed by atoms with Crippen LogP contribution in [0.3, 0.4) is 0 Å². The minimum atomic E-state index is -3.62. The second-order valence-corrected chi connectivity index (χ2v) is 7.78. The van der Waals surface area contributed by atoms with Crippen molar-refractivity contribution in [3.63, 3.8) is 0 Å². The van der Waals surface area contributed by atoms with E-state index in [0.717, 1.165) is 5.56 Å². The highest BCUT2D eigenvalue weighted by Gasteiger charge is 2.27. The normalized spacial score (nSPS) is 16.7. The van der Waals surface area contributed by atoms with Crippen LogP contribution in [0.1, 0.15) is 17.5 Å². The summed E-state index contributed by atoms with van der Waals surface area (Å²) in [6, 6.07) is 12.3. The first-order chi connectivity index (χ1) is 11.9. The molecule has 1 atom stereocenters. The van der Waals surface area contributed by atoms with E-state index in [4.69, 9.17) is 4.74 Å².